The first-order valence-corrected chi connectivity index (χ1v) is 9.02. The number of terminal acetylenes is 1. The summed E-state index contributed by atoms with van der Waals surface area (Å²) < 4.78 is 11.2. The van der Waals surface area contributed by atoms with Crippen LogP contribution in [0.5, 0.6) is 0 Å². The third-order valence-corrected chi connectivity index (χ3v) is 7.63. The molecule has 0 radical (unpaired) electrons. The fourth-order valence-corrected chi connectivity index (χ4v) is 1.89. The van der Waals surface area contributed by atoms with Gasteiger partial charge in [0.1, 0.15) is 6.61 Å². The Morgan fingerprint density at radius 1 is 1.24 bits per heavy atom. The van der Waals surface area contributed by atoms with Gasteiger partial charge in [0.25, 0.3) is 0 Å². The van der Waals surface area contributed by atoms with E-state index in [4.69, 9.17) is 15.6 Å². The zero-order valence-corrected chi connectivity index (χ0v) is 12.9. The Morgan fingerprint density at radius 3 is 2.41 bits per heavy atom. The Morgan fingerprint density at radius 2 is 1.88 bits per heavy atom. The summed E-state index contributed by atoms with van der Waals surface area (Å²) in [5.74, 6) is 2.44. The van der Waals surface area contributed by atoms with Crippen molar-refractivity contribution in [3.63, 3.8) is 0 Å². The molecule has 0 saturated carbocycles. The molecule has 3 heteroatoms. The van der Waals surface area contributed by atoms with E-state index in [2.05, 4.69) is 51.9 Å². The Bertz CT molecular complexity index is 269. The normalized spacial score (nSPS) is 12.9. The van der Waals surface area contributed by atoms with Crippen molar-refractivity contribution in [1.29, 1.82) is 0 Å². The molecule has 0 aromatic heterocycles. The molecule has 0 spiro atoms. The highest BCUT2D eigenvalue weighted by Gasteiger charge is 2.36. The molecule has 0 N–H and O–H groups in total. The summed E-state index contributed by atoms with van der Waals surface area (Å²) in [6, 6.07) is 0. The first-order chi connectivity index (χ1) is 7.81. The SMILES string of the molecule is C#CCOCCC=CCO[Si](C)(C)C(C)(C)C. The van der Waals surface area contributed by atoms with Crippen molar-refractivity contribution in [1.82, 2.24) is 0 Å². The Hall–Kier alpha value is -0.563. The number of rotatable bonds is 7. The van der Waals surface area contributed by atoms with Crippen LogP contribution in [0.1, 0.15) is 27.2 Å². The van der Waals surface area contributed by atoms with Crippen molar-refractivity contribution in [3.05, 3.63) is 12.2 Å². The molecule has 98 valence electrons. The summed E-state index contributed by atoms with van der Waals surface area (Å²) in [7, 11) is -1.60. The molecule has 0 aliphatic carbocycles. The second-order valence-corrected chi connectivity index (χ2v) is 10.4. The quantitative estimate of drug-likeness (QED) is 0.299. The van der Waals surface area contributed by atoms with E-state index in [9.17, 15) is 0 Å². The van der Waals surface area contributed by atoms with Gasteiger partial charge in [0.2, 0.25) is 0 Å². The van der Waals surface area contributed by atoms with E-state index in [0.717, 1.165) is 6.42 Å². The van der Waals surface area contributed by atoms with E-state index >= 15 is 0 Å². The van der Waals surface area contributed by atoms with Gasteiger partial charge in [0.05, 0.1) is 13.2 Å². The van der Waals surface area contributed by atoms with Gasteiger partial charge in [-0.05, 0) is 24.6 Å². The lowest BCUT2D eigenvalue weighted by Gasteiger charge is -2.35. The van der Waals surface area contributed by atoms with Gasteiger partial charge >= 0.3 is 0 Å². The van der Waals surface area contributed by atoms with Gasteiger partial charge in [0.15, 0.2) is 8.32 Å². The van der Waals surface area contributed by atoms with E-state index in [-0.39, 0.29) is 5.04 Å². The van der Waals surface area contributed by atoms with Crippen LogP contribution in [0.25, 0.3) is 0 Å². The molecule has 2 nitrogen and oxygen atoms in total. The van der Waals surface area contributed by atoms with Gasteiger partial charge in [-0.1, -0.05) is 38.8 Å². The Balaban J connectivity index is 3.70. The van der Waals surface area contributed by atoms with Crippen molar-refractivity contribution < 1.29 is 9.16 Å². The Labute approximate surface area is 108 Å². The van der Waals surface area contributed by atoms with Gasteiger partial charge in [-0.15, -0.1) is 6.42 Å². The van der Waals surface area contributed by atoms with Gasteiger partial charge in [0, 0.05) is 0 Å². The largest absolute Gasteiger partial charge is 0.413 e. The molecule has 0 aliphatic heterocycles. The average molecular weight is 254 g/mol. The monoisotopic (exact) mass is 254 g/mol. The molecule has 0 aromatic rings. The second-order valence-electron chi connectivity index (χ2n) is 5.59. The summed E-state index contributed by atoms with van der Waals surface area (Å²) in [6.07, 6.45) is 10.1. The smallest absolute Gasteiger partial charge is 0.192 e. The summed E-state index contributed by atoms with van der Waals surface area (Å²) in [5.41, 5.74) is 0. The highest BCUT2D eigenvalue weighted by molar-refractivity contribution is 6.74. The maximum absolute atomic E-state index is 6.00. The molecule has 17 heavy (non-hydrogen) atoms. The van der Waals surface area contributed by atoms with Gasteiger partial charge < -0.3 is 9.16 Å². The molecule has 0 fully saturated rings. The minimum Gasteiger partial charge on any atom is -0.413 e. The van der Waals surface area contributed by atoms with E-state index in [0.29, 0.717) is 19.8 Å². The van der Waals surface area contributed by atoms with Crippen molar-refractivity contribution in [2.24, 2.45) is 0 Å². The molecule has 0 aromatic carbocycles. The van der Waals surface area contributed by atoms with E-state index in [1.165, 1.54) is 0 Å². The lowest BCUT2D eigenvalue weighted by molar-refractivity contribution is 0.172. The average Bonchev–Trinajstić information content (AvgIpc) is 2.20. The van der Waals surface area contributed by atoms with Crippen LogP contribution < -0.4 is 0 Å². The lowest BCUT2D eigenvalue weighted by atomic mass is 10.2. The Kier molecular flexibility index (Phi) is 7.45. The van der Waals surface area contributed by atoms with Crippen molar-refractivity contribution in [3.8, 4) is 12.3 Å². The van der Waals surface area contributed by atoms with Crippen LogP contribution in [-0.2, 0) is 9.16 Å². The van der Waals surface area contributed by atoms with Crippen molar-refractivity contribution in [2.45, 2.75) is 45.3 Å². The predicted molar refractivity (Wildman–Crippen MR) is 76.6 cm³/mol. The molecular weight excluding hydrogens is 228 g/mol. The first kappa shape index (κ1) is 16.4. The summed E-state index contributed by atoms with van der Waals surface area (Å²) in [4.78, 5) is 0. The minimum atomic E-state index is -1.60. The van der Waals surface area contributed by atoms with E-state index in [1.807, 2.05) is 0 Å². The zero-order chi connectivity index (χ0) is 13.4. The minimum absolute atomic E-state index is 0.275. The van der Waals surface area contributed by atoms with Crippen LogP contribution in [0, 0.1) is 12.3 Å². The van der Waals surface area contributed by atoms with Gasteiger partial charge in [-0.25, -0.2) is 0 Å². The molecule has 0 saturated heterocycles. The topological polar surface area (TPSA) is 18.5 Å². The molecule has 0 heterocycles. The lowest BCUT2D eigenvalue weighted by Crippen LogP contribution is -2.40. The van der Waals surface area contributed by atoms with Crippen LogP contribution >= 0.6 is 0 Å². The highest BCUT2D eigenvalue weighted by atomic mass is 28.4. The van der Waals surface area contributed by atoms with Crippen molar-refractivity contribution in [2.75, 3.05) is 19.8 Å². The second kappa shape index (κ2) is 7.70. The maximum atomic E-state index is 6.00. The molecule has 0 rings (SSSR count). The van der Waals surface area contributed by atoms with E-state index < -0.39 is 8.32 Å². The van der Waals surface area contributed by atoms with Crippen LogP contribution in [0.3, 0.4) is 0 Å². The van der Waals surface area contributed by atoms with Gasteiger partial charge in [-0.2, -0.15) is 0 Å². The fraction of sp³-hybridized carbons (Fsp3) is 0.714. The summed E-state index contributed by atoms with van der Waals surface area (Å²) in [5, 5.41) is 0.275. The highest BCUT2D eigenvalue weighted by Crippen LogP contribution is 2.36. The fourth-order valence-electron chi connectivity index (χ4n) is 0.941. The van der Waals surface area contributed by atoms with Crippen LogP contribution in [0.2, 0.25) is 18.1 Å². The number of hydrogen-bond donors (Lipinski definition) is 0. The maximum Gasteiger partial charge on any atom is 0.192 e. The molecular formula is C14H26O2Si. The van der Waals surface area contributed by atoms with Crippen LogP contribution in [-0.4, -0.2) is 28.1 Å². The summed E-state index contributed by atoms with van der Waals surface area (Å²) >= 11 is 0. The third-order valence-electron chi connectivity index (χ3n) is 3.13. The predicted octanol–water partition coefficient (Wildman–Crippen LogP) is 3.60. The molecule has 0 bridgehead atoms. The van der Waals surface area contributed by atoms with Gasteiger partial charge in [-0.3, -0.25) is 0 Å². The summed E-state index contributed by atoms with van der Waals surface area (Å²) in [6.45, 7) is 13.0. The van der Waals surface area contributed by atoms with Crippen molar-refractivity contribution >= 4 is 8.32 Å². The molecule has 0 aliphatic rings. The molecule has 0 atom stereocenters. The molecule has 0 amide bonds. The number of ether oxygens (including phenoxy) is 1. The van der Waals surface area contributed by atoms with Crippen LogP contribution in [0.15, 0.2) is 12.2 Å². The zero-order valence-electron chi connectivity index (χ0n) is 11.9. The number of hydrogen-bond acceptors (Lipinski definition) is 2. The standard InChI is InChI=1S/C14H26O2Si/c1-7-11-15-12-9-8-10-13-16-17(5,6)14(2,3)4/h1,8,10H,9,11-13H2,2-6H3. The van der Waals surface area contributed by atoms with Crippen LogP contribution in [0.4, 0.5) is 0 Å². The third kappa shape index (κ3) is 7.38. The first-order valence-electron chi connectivity index (χ1n) is 6.11. The molecule has 0 unspecified atom stereocenters. The van der Waals surface area contributed by atoms with E-state index in [1.54, 1.807) is 0 Å².